The second kappa shape index (κ2) is 6.81. The Kier molecular flexibility index (Phi) is 4.84. The van der Waals surface area contributed by atoms with Crippen LogP contribution < -0.4 is 0 Å². The fourth-order valence-corrected chi connectivity index (χ4v) is 1.91. The van der Waals surface area contributed by atoms with Crippen LogP contribution in [-0.4, -0.2) is 16.5 Å². The van der Waals surface area contributed by atoms with Gasteiger partial charge in [-0.3, -0.25) is 4.90 Å². The molecule has 0 aliphatic rings. The van der Waals surface area contributed by atoms with Gasteiger partial charge >= 0.3 is 6.09 Å². The zero-order valence-corrected chi connectivity index (χ0v) is 12.7. The number of carbonyl (C=O) groups excluding carboxylic acids is 1. The van der Waals surface area contributed by atoms with Gasteiger partial charge in [-0.2, -0.15) is 5.26 Å². The highest BCUT2D eigenvalue weighted by Crippen LogP contribution is 2.19. The lowest BCUT2D eigenvalue weighted by Gasteiger charge is -2.31. The number of hydrogen-bond acceptors (Lipinski definition) is 4. The van der Waals surface area contributed by atoms with E-state index in [2.05, 4.69) is 6.07 Å². The molecular weight excluding hydrogens is 280 g/mol. The standard InChI is InChI=1S/C17H18N2O3/c1-17(2,13-18)19(11-15-9-6-10-21-15)16(20)22-12-14-7-4-3-5-8-14/h3-10H,11-12H2,1-2H3. The number of rotatable bonds is 5. The van der Waals surface area contributed by atoms with Crippen molar-refractivity contribution in [3.05, 3.63) is 60.1 Å². The molecule has 0 unspecified atom stereocenters. The molecule has 22 heavy (non-hydrogen) atoms. The zero-order valence-electron chi connectivity index (χ0n) is 12.7. The average molecular weight is 298 g/mol. The van der Waals surface area contributed by atoms with Gasteiger partial charge in [0.2, 0.25) is 0 Å². The molecule has 0 fully saturated rings. The summed E-state index contributed by atoms with van der Waals surface area (Å²) in [6, 6.07) is 15.0. The summed E-state index contributed by atoms with van der Waals surface area (Å²) in [5.41, 5.74) is -0.107. The molecule has 5 heteroatoms. The number of amides is 1. The Morgan fingerprint density at radius 3 is 2.59 bits per heavy atom. The predicted octanol–water partition coefficient (Wildman–Crippen LogP) is 3.72. The van der Waals surface area contributed by atoms with Gasteiger partial charge in [-0.15, -0.1) is 0 Å². The third-order valence-corrected chi connectivity index (χ3v) is 3.27. The summed E-state index contributed by atoms with van der Waals surface area (Å²) in [6.45, 7) is 3.68. The lowest BCUT2D eigenvalue weighted by molar-refractivity contribution is 0.0655. The highest BCUT2D eigenvalue weighted by Gasteiger charge is 2.33. The van der Waals surface area contributed by atoms with Crippen LogP contribution in [0.25, 0.3) is 0 Å². The summed E-state index contributed by atoms with van der Waals surface area (Å²) in [7, 11) is 0. The number of carbonyl (C=O) groups is 1. The van der Waals surface area contributed by atoms with Gasteiger partial charge in [-0.05, 0) is 31.5 Å². The van der Waals surface area contributed by atoms with Gasteiger partial charge in [-0.1, -0.05) is 30.3 Å². The summed E-state index contributed by atoms with van der Waals surface area (Å²) >= 11 is 0. The minimum absolute atomic E-state index is 0.163. The van der Waals surface area contributed by atoms with Gasteiger partial charge in [0.05, 0.1) is 18.9 Å². The number of benzene rings is 1. The van der Waals surface area contributed by atoms with Crippen molar-refractivity contribution in [3.8, 4) is 6.07 Å². The Morgan fingerprint density at radius 2 is 2.00 bits per heavy atom. The summed E-state index contributed by atoms with van der Waals surface area (Å²) in [6.07, 6.45) is 0.981. The van der Waals surface area contributed by atoms with Gasteiger partial charge in [0.1, 0.15) is 17.9 Å². The molecule has 2 aromatic rings. The van der Waals surface area contributed by atoms with Crippen LogP contribution in [0.15, 0.2) is 53.1 Å². The maximum Gasteiger partial charge on any atom is 0.411 e. The third-order valence-electron chi connectivity index (χ3n) is 3.27. The molecule has 0 spiro atoms. The van der Waals surface area contributed by atoms with Crippen LogP contribution >= 0.6 is 0 Å². The third kappa shape index (κ3) is 3.89. The van der Waals surface area contributed by atoms with E-state index in [1.807, 2.05) is 30.3 Å². The topological polar surface area (TPSA) is 66.5 Å². The zero-order chi connectivity index (χ0) is 16.0. The van der Waals surface area contributed by atoms with Crippen LogP contribution in [0.3, 0.4) is 0 Å². The quantitative estimate of drug-likeness (QED) is 0.843. The highest BCUT2D eigenvalue weighted by atomic mass is 16.6. The van der Waals surface area contributed by atoms with Crippen molar-refractivity contribution in [2.75, 3.05) is 0 Å². The van der Waals surface area contributed by atoms with E-state index in [1.165, 1.54) is 11.2 Å². The van der Waals surface area contributed by atoms with Crippen molar-refractivity contribution in [2.24, 2.45) is 0 Å². The van der Waals surface area contributed by atoms with Crippen molar-refractivity contribution in [2.45, 2.75) is 32.5 Å². The molecule has 1 aromatic carbocycles. The molecule has 1 heterocycles. The van der Waals surface area contributed by atoms with E-state index in [9.17, 15) is 10.1 Å². The summed E-state index contributed by atoms with van der Waals surface area (Å²) < 4.78 is 10.6. The Labute approximate surface area is 129 Å². The molecule has 1 amide bonds. The SMILES string of the molecule is CC(C)(C#N)N(Cc1ccco1)C(=O)OCc1ccccc1. The molecule has 114 valence electrons. The van der Waals surface area contributed by atoms with Gasteiger partial charge < -0.3 is 9.15 Å². The predicted molar refractivity (Wildman–Crippen MR) is 80.6 cm³/mol. The first-order valence-corrected chi connectivity index (χ1v) is 6.95. The molecule has 0 saturated heterocycles. The van der Waals surface area contributed by atoms with Gasteiger partial charge in [0.15, 0.2) is 0 Å². The van der Waals surface area contributed by atoms with Crippen LogP contribution in [0.1, 0.15) is 25.2 Å². The van der Waals surface area contributed by atoms with Crippen LogP contribution in [0, 0.1) is 11.3 Å². The van der Waals surface area contributed by atoms with Gasteiger partial charge in [0, 0.05) is 0 Å². The first-order valence-electron chi connectivity index (χ1n) is 6.95. The van der Waals surface area contributed by atoms with Crippen LogP contribution in [0.2, 0.25) is 0 Å². The van der Waals surface area contributed by atoms with Crippen molar-refractivity contribution in [1.82, 2.24) is 4.90 Å². The molecule has 0 radical (unpaired) electrons. The maximum atomic E-state index is 12.4. The molecule has 2 rings (SSSR count). The monoisotopic (exact) mass is 298 g/mol. The van der Waals surface area contributed by atoms with E-state index in [-0.39, 0.29) is 13.2 Å². The van der Waals surface area contributed by atoms with E-state index in [0.29, 0.717) is 5.76 Å². The molecule has 0 aliphatic heterocycles. The largest absolute Gasteiger partial charge is 0.467 e. The lowest BCUT2D eigenvalue weighted by atomic mass is 10.1. The van der Waals surface area contributed by atoms with Gasteiger partial charge in [-0.25, -0.2) is 4.79 Å². The molecule has 5 nitrogen and oxygen atoms in total. The Bertz CT molecular complexity index is 642. The van der Waals surface area contributed by atoms with Crippen LogP contribution in [0.5, 0.6) is 0 Å². The normalized spacial score (nSPS) is 10.8. The van der Waals surface area contributed by atoms with Crippen molar-refractivity contribution in [3.63, 3.8) is 0 Å². The first kappa shape index (κ1) is 15.6. The second-order valence-corrected chi connectivity index (χ2v) is 5.38. The summed E-state index contributed by atoms with van der Waals surface area (Å²) in [5, 5.41) is 9.30. The molecule has 0 bridgehead atoms. The molecule has 1 aromatic heterocycles. The first-order chi connectivity index (χ1) is 10.5. The highest BCUT2D eigenvalue weighted by molar-refractivity contribution is 5.69. The summed E-state index contributed by atoms with van der Waals surface area (Å²) in [4.78, 5) is 13.7. The van der Waals surface area contributed by atoms with Crippen molar-refractivity contribution in [1.29, 1.82) is 5.26 Å². The van der Waals surface area contributed by atoms with E-state index in [1.54, 1.807) is 26.0 Å². The number of nitrogens with zero attached hydrogens (tertiary/aromatic N) is 2. The number of ether oxygens (including phenoxy) is 1. The summed E-state index contributed by atoms with van der Waals surface area (Å²) in [5.74, 6) is 0.597. The minimum atomic E-state index is -0.999. The van der Waals surface area contributed by atoms with E-state index in [4.69, 9.17) is 9.15 Å². The smallest absolute Gasteiger partial charge is 0.411 e. The average Bonchev–Trinajstić information content (AvgIpc) is 3.04. The van der Waals surface area contributed by atoms with Crippen LogP contribution in [0.4, 0.5) is 4.79 Å². The maximum absolute atomic E-state index is 12.4. The van der Waals surface area contributed by atoms with E-state index < -0.39 is 11.6 Å². The van der Waals surface area contributed by atoms with Crippen LogP contribution in [-0.2, 0) is 17.9 Å². The molecule has 0 atom stereocenters. The number of nitriles is 1. The fraction of sp³-hybridized carbons (Fsp3) is 0.294. The van der Waals surface area contributed by atoms with Crippen molar-refractivity contribution >= 4 is 6.09 Å². The fourth-order valence-electron chi connectivity index (χ4n) is 1.91. The Hall–Kier alpha value is -2.74. The molecular formula is C17H18N2O3. The Morgan fingerprint density at radius 1 is 1.27 bits per heavy atom. The molecule has 0 N–H and O–H groups in total. The van der Waals surface area contributed by atoms with E-state index >= 15 is 0 Å². The lowest BCUT2D eigenvalue weighted by Crippen LogP contribution is -2.46. The number of hydrogen-bond donors (Lipinski definition) is 0. The van der Waals surface area contributed by atoms with E-state index in [0.717, 1.165) is 5.56 Å². The van der Waals surface area contributed by atoms with Crippen molar-refractivity contribution < 1.29 is 13.9 Å². The van der Waals surface area contributed by atoms with Gasteiger partial charge in [0.25, 0.3) is 0 Å². The minimum Gasteiger partial charge on any atom is -0.467 e. The second-order valence-electron chi connectivity index (χ2n) is 5.38. The number of furan rings is 1. The molecule has 0 saturated carbocycles. The molecule has 0 aliphatic carbocycles. The Balaban J connectivity index is 2.07.